The molecule has 0 aromatic heterocycles. The van der Waals surface area contributed by atoms with E-state index >= 15 is 0 Å². The Balaban J connectivity index is 1.64. The summed E-state index contributed by atoms with van der Waals surface area (Å²) in [6.45, 7) is 9.37. The third kappa shape index (κ3) is 3.31. The highest BCUT2D eigenvalue weighted by atomic mass is 16.5. The minimum atomic E-state index is -0.239. The van der Waals surface area contributed by atoms with Crippen molar-refractivity contribution in [3.05, 3.63) is 0 Å². The summed E-state index contributed by atoms with van der Waals surface area (Å²) in [6, 6.07) is 0. The number of hydrogen-bond donors (Lipinski definition) is 0. The van der Waals surface area contributed by atoms with E-state index in [9.17, 15) is 14.4 Å². The molecule has 4 saturated carbocycles. The quantitative estimate of drug-likeness (QED) is 0.621. The first kappa shape index (κ1) is 21.8. The van der Waals surface area contributed by atoms with Gasteiger partial charge in [-0.25, -0.2) is 0 Å². The summed E-state index contributed by atoms with van der Waals surface area (Å²) >= 11 is 0. The maximum Gasteiger partial charge on any atom is 0.302 e. The lowest BCUT2D eigenvalue weighted by molar-refractivity contribution is -0.195. The Morgan fingerprint density at radius 3 is 2.13 bits per heavy atom. The number of ether oxygens (including phenoxy) is 2. The molecule has 0 saturated heterocycles. The second kappa shape index (κ2) is 7.63. The molecule has 5 nitrogen and oxygen atoms in total. The standard InChI is InChI=1S/C25H38O5/c1-14(26)20-8-9-21-19-7-6-17-12-18(29-15(2)27)10-11-24(17,4)22(19)13-23(25(20,21)5)30-16(3)28/h17-23H,6-13H2,1-5H3/t17-,18-,19?,20?,21?,22?,23+,24+,25-/m1/s1. The number of esters is 2. The van der Waals surface area contributed by atoms with Crippen molar-refractivity contribution >= 4 is 17.7 Å². The van der Waals surface area contributed by atoms with Crippen LogP contribution in [0, 0.1) is 40.4 Å². The number of Topliss-reactive ketones (excluding diaryl/α,β-unsaturated/α-hetero) is 1. The molecule has 4 aliphatic rings. The molecule has 0 aliphatic heterocycles. The Morgan fingerprint density at radius 2 is 1.50 bits per heavy atom. The first-order valence-electron chi connectivity index (χ1n) is 11.9. The summed E-state index contributed by atoms with van der Waals surface area (Å²) in [6.07, 6.45) is 8.00. The summed E-state index contributed by atoms with van der Waals surface area (Å²) in [5, 5.41) is 0. The lowest BCUT2D eigenvalue weighted by Crippen LogP contribution is -2.59. The van der Waals surface area contributed by atoms with Crippen LogP contribution in [0.1, 0.15) is 86.0 Å². The van der Waals surface area contributed by atoms with Crippen LogP contribution in [0.4, 0.5) is 0 Å². The van der Waals surface area contributed by atoms with Crippen molar-refractivity contribution in [3.8, 4) is 0 Å². The number of ketones is 1. The smallest absolute Gasteiger partial charge is 0.302 e. The van der Waals surface area contributed by atoms with Crippen LogP contribution < -0.4 is 0 Å². The molecular weight excluding hydrogens is 380 g/mol. The molecule has 4 fully saturated rings. The lowest BCUT2D eigenvalue weighted by atomic mass is 9.44. The molecule has 9 atom stereocenters. The maximum absolute atomic E-state index is 12.5. The van der Waals surface area contributed by atoms with E-state index in [4.69, 9.17) is 9.47 Å². The van der Waals surface area contributed by atoms with Gasteiger partial charge in [-0.3, -0.25) is 14.4 Å². The van der Waals surface area contributed by atoms with E-state index in [1.54, 1.807) is 6.92 Å². The molecular formula is C25H38O5. The van der Waals surface area contributed by atoms with Crippen molar-refractivity contribution in [2.45, 2.75) is 98.2 Å². The molecule has 5 heteroatoms. The summed E-state index contributed by atoms with van der Waals surface area (Å²) in [7, 11) is 0. The van der Waals surface area contributed by atoms with Crippen LogP contribution in [0.5, 0.6) is 0 Å². The normalized spacial score (nSPS) is 47.4. The molecule has 0 amide bonds. The molecule has 0 N–H and O–H groups in total. The fraction of sp³-hybridized carbons (Fsp3) is 0.880. The summed E-state index contributed by atoms with van der Waals surface area (Å²) in [5.41, 5.74) is -0.0512. The zero-order chi connectivity index (χ0) is 21.8. The van der Waals surface area contributed by atoms with Gasteiger partial charge in [0.25, 0.3) is 0 Å². The van der Waals surface area contributed by atoms with Crippen molar-refractivity contribution in [2.75, 3.05) is 0 Å². The first-order valence-corrected chi connectivity index (χ1v) is 11.9. The molecule has 0 aromatic carbocycles. The number of hydrogen-bond acceptors (Lipinski definition) is 5. The predicted octanol–water partition coefficient (Wildman–Crippen LogP) is 4.71. The topological polar surface area (TPSA) is 69.7 Å². The minimum absolute atomic E-state index is 0.00182. The average Bonchev–Trinajstić information content (AvgIpc) is 3.01. The number of rotatable bonds is 3. The zero-order valence-electron chi connectivity index (χ0n) is 19.2. The van der Waals surface area contributed by atoms with Crippen LogP contribution >= 0.6 is 0 Å². The van der Waals surface area contributed by atoms with E-state index in [1.807, 2.05) is 0 Å². The molecule has 168 valence electrons. The summed E-state index contributed by atoms with van der Waals surface area (Å²) in [5.74, 6) is 1.92. The SMILES string of the molecule is CC(=O)O[C@@H]1CC[C@]2(C)C3C[C@H](OC(C)=O)[C@]4(C)C(C(C)=O)CCC4C3CC[C@@H]2C1. The van der Waals surface area contributed by atoms with Crippen LogP contribution in [-0.2, 0) is 23.9 Å². The van der Waals surface area contributed by atoms with Gasteiger partial charge in [-0.2, -0.15) is 0 Å². The fourth-order valence-corrected chi connectivity index (χ4v) is 8.53. The van der Waals surface area contributed by atoms with Gasteiger partial charge < -0.3 is 9.47 Å². The fourth-order valence-electron chi connectivity index (χ4n) is 8.53. The highest BCUT2D eigenvalue weighted by molar-refractivity contribution is 5.80. The Hall–Kier alpha value is -1.39. The van der Waals surface area contributed by atoms with Gasteiger partial charge in [-0.1, -0.05) is 13.8 Å². The van der Waals surface area contributed by atoms with E-state index in [2.05, 4.69) is 13.8 Å². The molecule has 0 heterocycles. The zero-order valence-corrected chi connectivity index (χ0v) is 19.2. The highest BCUT2D eigenvalue weighted by Gasteiger charge is 2.65. The highest BCUT2D eigenvalue weighted by Crippen LogP contribution is 2.68. The Morgan fingerprint density at radius 1 is 0.800 bits per heavy atom. The van der Waals surface area contributed by atoms with Crippen molar-refractivity contribution in [2.24, 2.45) is 40.4 Å². The molecule has 4 rings (SSSR count). The van der Waals surface area contributed by atoms with Crippen LogP contribution in [-0.4, -0.2) is 29.9 Å². The largest absolute Gasteiger partial charge is 0.463 e. The van der Waals surface area contributed by atoms with Gasteiger partial charge in [0.15, 0.2) is 0 Å². The third-order valence-electron chi connectivity index (χ3n) is 9.82. The predicted molar refractivity (Wildman–Crippen MR) is 112 cm³/mol. The van der Waals surface area contributed by atoms with Crippen LogP contribution in [0.2, 0.25) is 0 Å². The number of fused-ring (bicyclic) bond motifs is 5. The Labute approximate surface area is 180 Å². The molecule has 0 bridgehead atoms. The van der Waals surface area contributed by atoms with Crippen LogP contribution in [0.3, 0.4) is 0 Å². The van der Waals surface area contributed by atoms with E-state index < -0.39 is 0 Å². The summed E-state index contributed by atoms with van der Waals surface area (Å²) in [4.78, 5) is 36.0. The van der Waals surface area contributed by atoms with Gasteiger partial charge in [0, 0.05) is 25.2 Å². The second-order valence-electron chi connectivity index (χ2n) is 11.1. The Bertz CT molecular complexity index is 731. The van der Waals surface area contributed by atoms with Gasteiger partial charge in [-0.15, -0.1) is 0 Å². The van der Waals surface area contributed by atoms with Crippen molar-refractivity contribution in [1.82, 2.24) is 0 Å². The molecule has 0 aromatic rings. The number of carbonyl (C=O) groups excluding carboxylic acids is 3. The van der Waals surface area contributed by atoms with Gasteiger partial charge in [0.05, 0.1) is 0 Å². The second-order valence-corrected chi connectivity index (χ2v) is 11.1. The van der Waals surface area contributed by atoms with Gasteiger partial charge in [0.2, 0.25) is 0 Å². The molecule has 4 aliphatic carbocycles. The van der Waals surface area contributed by atoms with Crippen LogP contribution in [0.25, 0.3) is 0 Å². The van der Waals surface area contributed by atoms with Gasteiger partial charge in [0.1, 0.15) is 18.0 Å². The van der Waals surface area contributed by atoms with E-state index in [0.29, 0.717) is 23.7 Å². The van der Waals surface area contributed by atoms with Gasteiger partial charge in [-0.05, 0) is 87.4 Å². The average molecular weight is 419 g/mol. The van der Waals surface area contributed by atoms with E-state index in [-0.39, 0.29) is 46.7 Å². The molecule has 0 radical (unpaired) electrons. The lowest BCUT2D eigenvalue weighted by Gasteiger charge is -2.62. The van der Waals surface area contributed by atoms with E-state index in [1.165, 1.54) is 26.7 Å². The maximum atomic E-state index is 12.5. The van der Waals surface area contributed by atoms with Gasteiger partial charge >= 0.3 is 11.9 Å². The summed E-state index contributed by atoms with van der Waals surface area (Å²) < 4.78 is 11.6. The minimum Gasteiger partial charge on any atom is -0.463 e. The third-order valence-corrected chi connectivity index (χ3v) is 9.82. The van der Waals surface area contributed by atoms with Crippen molar-refractivity contribution < 1.29 is 23.9 Å². The molecule has 0 spiro atoms. The van der Waals surface area contributed by atoms with Crippen molar-refractivity contribution in [1.29, 1.82) is 0 Å². The monoisotopic (exact) mass is 418 g/mol. The molecule has 4 unspecified atom stereocenters. The van der Waals surface area contributed by atoms with Crippen molar-refractivity contribution in [3.63, 3.8) is 0 Å². The molecule has 30 heavy (non-hydrogen) atoms. The Kier molecular flexibility index (Phi) is 5.55. The first-order chi connectivity index (χ1) is 14.1. The van der Waals surface area contributed by atoms with Crippen LogP contribution in [0.15, 0.2) is 0 Å². The van der Waals surface area contributed by atoms with E-state index in [0.717, 1.165) is 38.5 Å². The number of carbonyl (C=O) groups is 3.